The van der Waals surface area contributed by atoms with Crippen molar-refractivity contribution in [1.82, 2.24) is 20.2 Å². The zero-order valence-corrected chi connectivity index (χ0v) is 14.3. The van der Waals surface area contributed by atoms with E-state index in [0.29, 0.717) is 39.4 Å². The van der Waals surface area contributed by atoms with Crippen LogP contribution in [0.2, 0.25) is 0 Å². The lowest BCUT2D eigenvalue weighted by atomic mass is 10.3. The molecule has 0 bridgehead atoms. The van der Waals surface area contributed by atoms with Gasteiger partial charge in [-0.05, 0) is 12.1 Å². The SMILES string of the molecule is O=C(CN1NC2N(CCN2c2ccccc2)C(=O)C1=O)N1CCOCC1. The number of ether oxygens (including phenoxy) is 1. The van der Waals surface area contributed by atoms with E-state index in [-0.39, 0.29) is 12.5 Å². The van der Waals surface area contributed by atoms with Crippen molar-refractivity contribution in [3.8, 4) is 0 Å². The molecule has 9 heteroatoms. The molecule has 4 rings (SSSR count). The Balaban J connectivity index is 1.49. The number of nitrogens with one attached hydrogen (secondary N) is 1. The summed E-state index contributed by atoms with van der Waals surface area (Å²) in [6.45, 7) is 2.89. The van der Waals surface area contributed by atoms with Crippen molar-refractivity contribution in [3.63, 3.8) is 0 Å². The first-order valence-corrected chi connectivity index (χ1v) is 8.71. The summed E-state index contributed by atoms with van der Waals surface area (Å²) in [5, 5.41) is 1.14. The fourth-order valence-electron chi connectivity index (χ4n) is 3.47. The largest absolute Gasteiger partial charge is 0.378 e. The molecule has 1 aromatic carbocycles. The normalized spacial score (nSPS) is 23.5. The predicted molar refractivity (Wildman–Crippen MR) is 91.5 cm³/mol. The number of hydrazine groups is 1. The minimum atomic E-state index is -0.697. The molecule has 0 aliphatic carbocycles. The van der Waals surface area contributed by atoms with E-state index in [4.69, 9.17) is 4.74 Å². The summed E-state index contributed by atoms with van der Waals surface area (Å²) in [6, 6.07) is 9.68. The van der Waals surface area contributed by atoms with Gasteiger partial charge in [-0.25, -0.2) is 0 Å². The molecule has 3 amide bonds. The Kier molecular flexibility index (Phi) is 4.48. The lowest BCUT2D eigenvalue weighted by Crippen LogP contribution is -2.68. The van der Waals surface area contributed by atoms with Gasteiger partial charge in [0.05, 0.1) is 13.2 Å². The van der Waals surface area contributed by atoms with Gasteiger partial charge in [-0.1, -0.05) is 18.2 Å². The molecule has 3 fully saturated rings. The Morgan fingerprint density at radius 2 is 1.69 bits per heavy atom. The minimum absolute atomic E-state index is 0.169. The van der Waals surface area contributed by atoms with Crippen LogP contribution >= 0.6 is 0 Å². The van der Waals surface area contributed by atoms with Crippen LogP contribution in [0.3, 0.4) is 0 Å². The topological polar surface area (TPSA) is 85.4 Å². The van der Waals surface area contributed by atoms with Crippen molar-refractivity contribution in [1.29, 1.82) is 0 Å². The summed E-state index contributed by atoms with van der Waals surface area (Å²) >= 11 is 0. The molecule has 1 unspecified atom stereocenters. The van der Waals surface area contributed by atoms with Gasteiger partial charge in [-0.15, -0.1) is 0 Å². The molecule has 0 radical (unpaired) electrons. The lowest BCUT2D eigenvalue weighted by Gasteiger charge is -2.40. The standard InChI is InChI=1S/C17H21N5O4/c23-14(19-8-10-26-11-9-19)12-22-16(25)15(24)21-7-6-20(17(21)18-22)13-4-2-1-3-5-13/h1-5,17-18H,6-12H2. The molecular formula is C17H21N5O4. The second kappa shape index (κ2) is 6.93. The number of hydrogen-bond acceptors (Lipinski definition) is 6. The third-order valence-electron chi connectivity index (χ3n) is 4.88. The zero-order chi connectivity index (χ0) is 18.1. The summed E-state index contributed by atoms with van der Waals surface area (Å²) in [6.07, 6.45) is -0.472. The summed E-state index contributed by atoms with van der Waals surface area (Å²) in [5.41, 5.74) is 4.00. The molecule has 9 nitrogen and oxygen atoms in total. The highest BCUT2D eigenvalue weighted by atomic mass is 16.5. The Bertz CT molecular complexity index is 706. The highest BCUT2D eigenvalue weighted by molar-refractivity contribution is 6.35. The molecule has 3 aliphatic rings. The van der Waals surface area contributed by atoms with E-state index in [1.54, 1.807) is 4.90 Å². The summed E-state index contributed by atoms with van der Waals surface area (Å²) < 4.78 is 5.24. The zero-order valence-electron chi connectivity index (χ0n) is 14.3. The Labute approximate surface area is 151 Å². The van der Waals surface area contributed by atoms with Gasteiger partial charge in [0.25, 0.3) is 0 Å². The lowest BCUT2D eigenvalue weighted by molar-refractivity contribution is -0.165. The fraction of sp³-hybridized carbons (Fsp3) is 0.471. The minimum Gasteiger partial charge on any atom is -0.378 e. The molecular weight excluding hydrogens is 338 g/mol. The van der Waals surface area contributed by atoms with Gasteiger partial charge < -0.3 is 14.5 Å². The van der Waals surface area contributed by atoms with Crippen molar-refractivity contribution in [2.45, 2.75) is 6.29 Å². The van der Waals surface area contributed by atoms with E-state index in [2.05, 4.69) is 5.43 Å². The van der Waals surface area contributed by atoms with E-state index in [1.165, 1.54) is 4.90 Å². The molecule has 138 valence electrons. The number of amides is 3. The second-order valence-corrected chi connectivity index (χ2v) is 6.41. The van der Waals surface area contributed by atoms with E-state index in [0.717, 1.165) is 10.7 Å². The highest BCUT2D eigenvalue weighted by Crippen LogP contribution is 2.24. The number of hydrogen-bond donors (Lipinski definition) is 1. The number of anilines is 1. The highest BCUT2D eigenvalue weighted by Gasteiger charge is 2.45. The average molecular weight is 359 g/mol. The van der Waals surface area contributed by atoms with Crippen LogP contribution in [0, 0.1) is 0 Å². The van der Waals surface area contributed by atoms with Crippen LogP contribution in [0.5, 0.6) is 0 Å². The number of para-hydroxylation sites is 1. The summed E-state index contributed by atoms with van der Waals surface area (Å²) in [7, 11) is 0. The maximum absolute atomic E-state index is 12.5. The molecule has 1 N–H and O–H groups in total. The third-order valence-corrected chi connectivity index (χ3v) is 4.88. The first-order valence-electron chi connectivity index (χ1n) is 8.71. The molecule has 26 heavy (non-hydrogen) atoms. The van der Waals surface area contributed by atoms with E-state index in [1.807, 2.05) is 35.2 Å². The van der Waals surface area contributed by atoms with Crippen molar-refractivity contribution in [2.24, 2.45) is 0 Å². The molecule has 3 heterocycles. The van der Waals surface area contributed by atoms with Crippen LogP contribution in [0.15, 0.2) is 30.3 Å². The van der Waals surface area contributed by atoms with Crippen molar-refractivity contribution < 1.29 is 19.1 Å². The van der Waals surface area contributed by atoms with Gasteiger partial charge >= 0.3 is 11.8 Å². The van der Waals surface area contributed by atoms with Crippen LogP contribution in [-0.2, 0) is 19.1 Å². The first-order chi connectivity index (χ1) is 12.6. The second-order valence-electron chi connectivity index (χ2n) is 6.41. The quantitative estimate of drug-likeness (QED) is 0.684. The molecule has 1 aromatic rings. The summed E-state index contributed by atoms with van der Waals surface area (Å²) in [4.78, 5) is 42.5. The van der Waals surface area contributed by atoms with Crippen molar-refractivity contribution in [2.75, 3.05) is 50.8 Å². The summed E-state index contributed by atoms with van der Waals surface area (Å²) in [5.74, 6) is -1.47. The number of benzene rings is 1. The van der Waals surface area contributed by atoms with E-state index < -0.39 is 18.1 Å². The van der Waals surface area contributed by atoms with Crippen LogP contribution in [-0.4, -0.2) is 84.8 Å². The molecule has 3 aliphatic heterocycles. The monoisotopic (exact) mass is 359 g/mol. The number of morpholine rings is 1. The van der Waals surface area contributed by atoms with Crippen LogP contribution in [0.1, 0.15) is 0 Å². The Morgan fingerprint density at radius 3 is 2.42 bits per heavy atom. The first kappa shape index (κ1) is 16.8. The Morgan fingerprint density at radius 1 is 1.00 bits per heavy atom. The number of carbonyl (C=O) groups is 3. The predicted octanol–water partition coefficient (Wildman–Crippen LogP) is -1.18. The van der Waals surface area contributed by atoms with Gasteiger partial charge in [-0.2, -0.15) is 5.43 Å². The van der Waals surface area contributed by atoms with E-state index >= 15 is 0 Å². The maximum Gasteiger partial charge on any atom is 0.326 e. The smallest absolute Gasteiger partial charge is 0.326 e. The van der Waals surface area contributed by atoms with Gasteiger partial charge in [0.15, 0.2) is 6.29 Å². The van der Waals surface area contributed by atoms with Gasteiger partial charge in [0.2, 0.25) is 5.91 Å². The number of fused-ring (bicyclic) bond motifs is 1. The molecule has 0 saturated carbocycles. The van der Waals surface area contributed by atoms with Gasteiger partial charge in [0, 0.05) is 31.9 Å². The average Bonchev–Trinajstić information content (AvgIpc) is 3.11. The molecule has 1 atom stereocenters. The van der Waals surface area contributed by atoms with Crippen LogP contribution in [0.4, 0.5) is 5.69 Å². The number of carbonyl (C=O) groups excluding carboxylic acids is 3. The fourth-order valence-corrected chi connectivity index (χ4v) is 3.47. The van der Waals surface area contributed by atoms with Gasteiger partial charge in [-0.3, -0.25) is 24.3 Å². The third kappa shape index (κ3) is 2.99. The maximum atomic E-state index is 12.5. The molecule has 0 aromatic heterocycles. The van der Waals surface area contributed by atoms with Crippen molar-refractivity contribution in [3.05, 3.63) is 30.3 Å². The van der Waals surface area contributed by atoms with Crippen LogP contribution in [0.25, 0.3) is 0 Å². The Hall–Kier alpha value is -2.65. The van der Waals surface area contributed by atoms with Crippen LogP contribution < -0.4 is 10.3 Å². The number of rotatable bonds is 3. The molecule has 3 saturated heterocycles. The van der Waals surface area contributed by atoms with E-state index in [9.17, 15) is 14.4 Å². The van der Waals surface area contributed by atoms with Gasteiger partial charge in [0.1, 0.15) is 6.54 Å². The number of nitrogens with zero attached hydrogens (tertiary/aromatic N) is 4. The molecule has 0 spiro atoms. The van der Waals surface area contributed by atoms with Crippen molar-refractivity contribution >= 4 is 23.4 Å².